The number of aromatic nitrogens is 4. The number of nitrogens with one attached hydrogen (secondary N) is 1. The number of ether oxygens (including phenoxy) is 2. The van der Waals surface area contributed by atoms with E-state index in [1.54, 1.807) is 6.07 Å². The van der Waals surface area contributed by atoms with Crippen LogP contribution in [0.25, 0.3) is 22.2 Å². The summed E-state index contributed by atoms with van der Waals surface area (Å²) in [6.07, 6.45) is 4.36. The molecule has 0 saturated heterocycles. The van der Waals surface area contributed by atoms with E-state index in [0.29, 0.717) is 22.2 Å². The number of methoxy groups -OCH3 is 2. The molecule has 3 N–H and O–H groups in total. The van der Waals surface area contributed by atoms with Gasteiger partial charge in [0.2, 0.25) is 11.7 Å². The van der Waals surface area contributed by atoms with Gasteiger partial charge >= 0.3 is 6.01 Å². The van der Waals surface area contributed by atoms with Gasteiger partial charge in [-0.15, -0.1) is 0 Å². The van der Waals surface area contributed by atoms with Gasteiger partial charge in [-0.2, -0.15) is 4.98 Å². The van der Waals surface area contributed by atoms with Gasteiger partial charge in [0.15, 0.2) is 5.82 Å². The molecule has 152 valence electrons. The smallest absolute Gasteiger partial charge is 0.319 e. The molecule has 0 atom stereocenters. The summed E-state index contributed by atoms with van der Waals surface area (Å²) < 4.78 is 38.8. The molecule has 10 heteroatoms. The number of anilines is 1. The summed E-state index contributed by atoms with van der Waals surface area (Å²) >= 11 is 0. The lowest BCUT2D eigenvalue weighted by molar-refractivity contribution is 0.103. The molecule has 0 saturated carbocycles. The Balaban J connectivity index is 1.86. The average molecular weight is 411 g/mol. The van der Waals surface area contributed by atoms with Crippen LogP contribution in [0.15, 0.2) is 36.8 Å². The Morgan fingerprint density at radius 2 is 1.93 bits per heavy atom. The number of ketones is 1. The highest BCUT2D eigenvalue weighted by molar-refractivity contribution is 6.16. The van der Waals surface area contributed by atoms with Crippen molar-refractivity contribution in [2.75, 3.05) is 20.0 Å². The maximum atomic E-state index is 14.4. The molecule has 0 radical (unpaired) electrons. The highest BCUT2D eigenvalue weighted by Gasteiger charge is 2.24. The Morgan fingerprint density at radius 3 is 2.67 bits per heavy atom. The maximum absolute atomic E-state index is 14.4. The van der Waals surface area contributed by atoms with Crippen LogP contribution >= 0.6 is 0 Å². The third-order valence-electron chi connectivity index (χ3n) is 4.54. The van der Waals surface area contributed by atoms with Crippen LogP contribution in [0.1, 0.15) is 15.9 Å². The topological polar surface area (TPSA) is 116 Å². The van der Waals surface area contributed by atoms with Gasteiger partial charge in [0.25, 0.3) is 0 Å². The molecular weight excluding hydrogens is 396 g/mol. The van der Waals surface area contributed by atoms with Crippen molar-refractivity contribution in [2.45, 2.75) is 0 Å². The standard InChI is InChI=1S/C20H15F2N5O3/c1-29-19-11(7-26-20(27-19)30-2)9-5-10-12(8-25-18(10)24-6-9)17(28)15-13(21)3-4-14(23)16(15)22/h3-8H,23H2,1-2H3,(H,24,25). The average Bonchev–Trinajstić information content (AvgIpc) is 3.19. The number of hydrogen-bond acceptors (Lipinski definition) is 7. The van der Waals surface area contributed by atoms with E-state index < -0.39 is 23.0 Å². The summed E-state index contributed by atoms with van der Waals surface area (Å²) in [5.41, 5.74) is 5.87. The van der Waals surface area contributed by atoms with Gasteiger partial charge in [0.05, 0.1) is 31.0 Å². The van der Waals surface area contributed by atoms with Crippen molar-refractivity contribution in [2.24, 2.45) is 0 Å². The minimum Gasteiger partial charge on any atom is -0.480 e. The van der Waals surface area contributed by atoms with Crippen molar-refractivity contribution >= 4 is 22.5 Å². The lowest BCUT2D eigenvalue weighted by Crippen LogP contribution is -2.09. The molecular formula is C20H15F2N5O3. The molecule has 0 fully saturated rings. The van der Waals surface area contributed by atoms with Crippen LogP contribution in [0.2, 0.25) is 0 Å². The normalized spacial score (nSPS) is 10.9. The second kappa shape index (κ2) is 7.39. The molecule has 0 spiro atoms. The highest BCUT2D eigenvalue weighted by Crippen LogP contribution is 2.32. The van der Waals surface area contributed by atoms with Crippen molar-refractivity contribution in [1.29, 1.82) is 0 Å². The molecule has 3 aromatic heterocycles. The predicted octanol–water partition coefficient (Wildman–Crippen LogP) is 3.13. The third-order valence-corrected chi connectivity index (χ3v) is 4.54. The minimum atomic E-state index is -1.11. The predicted molar refractivity (Wildman–Crippen MR) is 104 cm³/mol. The van der Waals surface area contributed by atoms with Crippen LogP contribution in [0.5, 0.6) is 11.9 Å². The fraction of sp³-hybridized carbons (Fsp3) is 0.100. The minimum absolute atomic E-state index is 0.0381. The number of nitrogens with zero attached hydrogens (tertiary/aromatic N) is 3. The van der Waals surface area contributed by atoms with E-state index in [4.69, 9.17) is 15.2 Å². The number of rotatable bonds is 5. The van der Waals surface area contributed by atoms with E-state index in [9.17, 15) is 13.6 Å². The Labute approximate surface area is 168 Å². The molecule has 3 heterocycles. The van der Waals surface area contributed by atoms with Crippen molar-refractivity contribution in [3.63, 3.8) is 0 Å². The first-order valence-electron chi connectivity index (χ1n) is 8.65. The van der Waals surface area contributed by atoms with E-state index in [-0.39, 0.29) is 23.1 Å². The number of carbonyl (C=O) groups is 1. The maximum Gasteiger partial charge on any atom is 0.319 e. The second-order valence-electron chi connectivity index (χ2n) is 6.26. The molecule has 0 amide bonds. The van der Waals surface area contributed by atoms with Crippen molar-refractivity contribution in [1.82, 2.24) is 19.9 Å². The number of nitrogens with two attached hydrogens (primary N) is 1. The Morgan fingerprint density at radius 1 is 1.13 bits per heavy atom. The lowest BCUT2D eigenvalue weighted by Gasteiger charge is -2.09. The fourth-order valence-corrected chi connectivity index (χ4v) is 3.05. The Bertz CT molecular complexity index is 1290. The largest absolute Gasteiger partial charge is 0.480 e. The molecule has 0 unspecified atom stereocenters. The van der Waals surface area contributed by atoms with Crippen LogP contribution in [-0.4, -0.2) is 39.9 Å². The lowest BCUT2D eigenvalue weighted by atomic mass is 10.0. The SMILES string of the molecule is COc1ncc(-c2cnc3[nH]cc(C(=O)c4c(F)ccc(N)c4F)c3c2)c(OC)n1. The van der Waals surface area contributed by atoms with Gasteiger partial charge in [-0.25, -0.2) is 18.7 Å². The summed E-state index contributed by atoms with van der Waals surface area (Å²) in [5, 5.41) is 0.358. The van der Waals surface area contributed by atoms with Gasteiger partial charge in [-0.05, 0) is 18.2 Å². The Kier molecular flexibility index (Phi) is 4.74. The number of carbonyl (C=O) groups excluding carboxylic acids is 1. The summed E-state index contributed by atoms with van der Waals surface area (Å²) in [7, 11) is 2.86. The fourth-order valence-electron chi connectivity index (χ4n) is 3.05. The molecule has 0 aliphatic rings. The van der Waals surface area contributed by atoms with Gasteiger partial charge in [-0.1, -0.05) is 0 Å². The number of benzene rings is 1. The Hall–Kier alpha value is -4.08. The van der Waals surface area contributed by atoms with Gasteiger partial charge in [0.1, 0.15) is 11.5 Å². The molecule has 8 nitrogen and oxygen atoms in total. The number of fused-ring (bicyclic) bond motifs is 1. The van der Waals surface area contributed by atoms with Crippen LogP contribution < -0.4 is 15.2 Å². The number of pyridine rings is 1. The van der Waals surface area contributed by atoms with E-state index in [2.05, 4.69) is 19.9 Å². The van der Waals surface area contributed by atoms with Gasteiger partial charge in [0, 0.05) is 35.1 Å². The first-order chi connectivity index (χ1) is 14.4. The quantitative estimate of drug-likeness (QED) is 0.383. The van der Waals surface area contributed by atoms with Crippen molar-refractivity contribution in [3.8, 4) is 23.0 Å². The molecule has 0 bridgehead atoms. The number of hydrogen-bond donors (Lipinski definition) is 2. The molecule has 0 aliphatic carbocycles. The van der Waals surface area contributed by atoms with Crippen LogP contribution in [0, 0.1) is 11.6 Å². The molecule has 1 aromatic carbocycles. The zero-order valence-corrected chi connectivity index (χ0v) is 15.9. The zero-order valence-electron chi connectivity index (χ0n) is 15.9. The van der Waals surface area contributed by atoms with E-state index in [1.807, 2.05) is 0 Å². The molecule has 0 aliphatic heterocycles. The van der Waals surface area contributed by atoms with E-state index in [0.717, 1.165) is 12.1 Å². The van der Waals surface area contributed by atoms with Crippen LogP contribution in [0.3, 0.4) is 0 Å². The van der Waals surface area contributed by atoms with Gasteiger partial charge < -0.3 is 20.2 Å². The third kappa shape index (κ3) is 3.08. The number of nitrogen functional groups attached to an aromatic ring is 1. The number of aromatic amines is 1. The summed E-state index contributed by atoms with van der Waals surface area (Å²) in [6.45, 7) is 0. The summed E-state index contributed by atoms with van der Waals surface area (Å²) in [5.74, 6) is -2.74. The van der Waals surface area contributed by atoms with Crippen molar-refractivity contribution < 1.29 is 23.0 Å². The molecule has 4 aromatic rings. The first-order valence-corrected chi connectivity index (χ1v) is 8.65. The number of H-pyrrole nitrogens is 1. The monoisotopic (exact) mass is 411 g/mol. The first kappa shape index (κ1) is 19.2. The molecule has 30 heavy (non-hydrogen) atoms. The summed E-state index contributed by atoms with van der Waals surface area (Å²) in [6, 6.07) is 3.76. The van der Waals surface area contributed by atoms with Crippen molar-refractivity contribution in [3.05, 3.63) is 59.6 Å². The summed E-state index contributed by atoms with van der Waals surface area (Å²) in [4.78, 5) is 28.2. The number of halogens is 2. The van der Waals surface area contributed by atoms with Gasteiger partial charge in [-0.3, -0.25) is 4.79 Å². The highest BCUT2D eigenvalue weighted by atomic mass is 19.1. The van der Waals surface area contributed by atoms with Crippen LogP contribution in [0.4, 0.5) is 14.5 Å². The molecule has 4 rings (SSSR count). The second-order valence-corrected chi connectivity index (χ2v) is 6.26. The van der Waals surface area contributed by atoms with Crippen LogP contribution in [-0.2, 0) is 0 Å². The zero-order chi connectivity index (χ0) is 21.4. The van der Waals surface area contributed by atoms with E-state index in [1.165, 1.54) is 32.8 Å². The van der Waals surface area contributed by atoms with E-state index >= 15 is 0 Å².